The van der Waals surface area contributed by atoms with Crippen molar-refractivity contribution in [1.82, 2.24) is 20.6 Å². The molecule has 1 amide bonds. The molecule has 3 N–H and O–H groups in total. The molecule has 1 aliphatic heterocycles. The van der Waals surface area contributed by atoms with E-state index in [0.717, 1.165) is 43.7 Å². The number of imidazole rings is 1. The Morgan fingerprint density at radius 1 is 1.38 bits per heavy atom. The van der Waals surface area contributed by atoms with Crippen LogP contribution in [0.1, 0.15) is 33.7 Å². The van der Waals surface area contributed by atoms with Crippen LogP contribution in [0.2, 0.25) is 0 Å². The van der Waals surface area contributed by atoms with Gasteiger partial charge in [-0.2, -0.15) is 0 Å². The minimum absolute atomic E-state index is 0.0354. The van der Waals surface area contributed by atoms with Crippen LogP contribution >= 0.6 is 0 Å². The fourth-order valence-electron chi connectivity index (χ4n) is 2.73. The maximum Gasteiger partial charge on any atom is 0.251 e. The topological polar surface area (TPSA) is 69.8 Å². The molecular formula is C16H20N4O. The summed E-state index contributed by atoms with van der Waals surface area (Å²) >= 11 is 0. The third kappa shape index (κ3) is 3.31. The van der Waals surface area contributed by atoms with Gasteiger partial charge in [-0.1, -0.05) is 12.1 Å². The Labute approximate surface area is 124 Å². The molecule has 0 radical (unpaired) electrons. The van der Waals surface area contributed by atoms with Gasteiger partial charge in [-0.05, 0) is 36.6 Å². The predicted molar refractivity (Wildman–Crippen MR) is 81.1 cm³/mol. The number of aromatic nitrogens is 2. The van der Waals surface area contributed by atoms with Crippen LogP contribution in [0.25, 0.3) is 0 Å². The van der Waals surface area contributed by atoms with Crippen LogP contribution < -0.4 is 10.6 Å². The van der Waals surface area contributed by atoms with E-state index in [4.69, 9.17) is 0 Å². The molecule has 0 saturated heterocycles. The van der Waals surface area contributed by atoms with Crippen molar-refractivity contribution in [2.24, 2.45) is 0 Å². The zero-order valence-electron chi connectivity index (χ0n) is 12.0. The van der Waals surface area contributed by atoms with Gasteiger partial charge in [-0.3, -0.25) is 4.79 Å². The van der Waals surface area contributed by atoms with E-state index in [1.165, 1.54) is 11.1 Å². The molecule has 5 nitrogen and oxygen atoms in total. The van der Waals surface area contributed by atoms with Crippen molar-refractivity contribution in [3.8, 4) is 0 Å². The van der Waals surface area contributed by atoms with Gasteiger partial charge in [0.15, 0.2) is 0 Å². The molecule has 0 fully saturated rings. The van der Waals surface area contributed by atoms with Crippen LogP contribution in [-0.4, -0.2) is 29.0 Å². The quantitative estimate of drug-likeness (QED) is 0.727. The first kappa shape index (κ1) is 13.8. The monoisotopic (exact) mass is 284 g/mol. The Bertz CT molecular complexity index is 607. The number of H-pyrrole nitrogens is 1. The fraction of sp³-hybridized carbons (Fsp3) is 0.375. The van der Waals surface area contributed by atoms with E-state index >= 15 is 0 Å². The molecule has 0 bridgehead atoms. The average Bonchev–Trinajstić information content (AvgIpc) is 3.04. The highest BCUT2D eigenvalue weighted by molar-refractivity contribution is 5.96. The number of aryl methyl sites for hydroxylation is 1. The summed E-state index contributed by atoms with van der Waals surface area (Å²) in [6.45, 7) is 2.46. The van der Waals surface area contributed by atoms with E-state index in [2.05, 4.69) is 26.7 Å². The Morgan fingerprint density at radius 2 is 2.33 bits per heavy atom. The van der Waals surface area contributed by atoms with Crippen molar-refractivity contribution in [3.05, 3.63) is 53.1 Å². The number of hydrogen-bond donors (Lipinski definition) is 3. The molecule has 1 aromatic heterocycles. The molecule has 3 rings (SSSR count). The molecule has 0 unspecified atom stereocenters. The summed E-state index contributed by atoms with van der Waals surface area (Å²) in [5.41, 5.74) is 3.26. The number of amides is 1. The molecule has 0 atom stereocenters. The van der Waals surface area contributed by atoms with E-state index in [1.807, 2.05) is 18.3 Å². The van der Waals surface area contributed by atoms with Gasteiger partial charge in [-0.25, -0.2) is 4.98 Å². The molecule has 0 aliphatic carbocycles. The highest BCUT2D eigenvalue weighted by Crippen LogP contribution is 2.18. The number of rotatable bonds is 5. The summed E-state index contributed by atoms with van der Waals surface area (Å²) in [4.78, 5) is 19.6. The number of aromatic amines is 1. The SMILES string of the molecule is O=C(NCCCc1ncc[nH]1)c1cccc2c1CCNC2. The largest absolute Gasteiger partial charge is 0.352 e. The zero-order chi connectivity index (χ0) is 14.5. The highest BCUT2D eigenvalue weighted by atomic mass is 16.1. The zero-order valence-corrected chi connectivity index (χ0v) is 12.0. The first-order valence-corrected chi connectivity index (χ1v) is 7.42. The number of nitrogens with one attached hydrogen (secondary N) is 3. The van der Waals surface area contributed by atoms with E-state index in [9.17, 15) is 4.79 Å². The Kier molecular flexibility index (Phi) is 4.31. The summed E-state index contributed by atoms with van der Waals surface area (Å²) in [6, 6.07) is 5.98. The summed E-state index contributed by atoms with van der Waals surface area (Å²) in [5.74, 6) is 1.00. The maximum absolute atomic E-state index is 12.3. The van der Waals surface area contributed by atoms with Crippen molar-refractivity contribution in [2.75, 3.05) is 13.1 Å². The average molecular weight is 284 g/mol. The van der Waals surface area contributed by atoms with Gasteiger partial charge in [0.1, 0.15) is 5.82 Å². The van der Waals surface area contributed by atoms with Gasteiger partial charge in [0, 0.05) is 37.5 Å². The summed E-state index contributed by atoms with van der Waals surface area (Å²) in [7, 11) is 0. The molecule has 0 saturated carbocycles. The molecule has 5 heteroatoms. The number of hydrogen-bond acceptors (Lipinski definition) is 3. The molecule has 2 heterocycles. The lowest BCUT2D eigenvalue weighted by Crippen LogP contribution is -2.30. The Balaban J connectivity index is 1.56. The van der Waals surface area contributed by atoms with Crippen LogP contribution in [-0.2, 0) is 19.4 Å². The van der Waals surface area contributed by atoms with Gasteiger partial charge in [-0.15, -0.1) is 0 Å². The minimum Gasteiger partial charge on any atom is -0.352 e. The normalized spacial score (nSPS) is 13.7. The highest BCUT2D eigenvalue weighted by Gasteiger charge is 2.16. The van der Waals surface area contributed by atoms with Gasteiger partial charge in [0.2, 0.25) is 0 Å². The lowest BCUT2D eigenvalue weighted by atomic mass is 9.95. The van der Waals surface area contributed by atoms with Gasteiger partial charge < -0.3 is 15.6 Å². The molecule has 0 spiro atoms. The van der Waals surface area contributed by atoms with Crippen LogP contribution in [0.15, 0.2) is 30.6 Å². The summed E-state index contributed by atoms with van der Waals surface area (Å²) < 4.78 is 0. The van der Waals surface area contributed by atoms with Crippen molar-refractivity contribution < 1.29 is 4.79 Å². The molecule has 2 aromatic rings. The van der Waals surface area contributed by atoms with E-state index in [0.29, 0.717) is 6.54 Å². The predicted octanol–water partition coefficient (Wildman–Crippen LogP) is 1.42. The maximum atomic E-state index is 12.3. The summed E-state index contributed by atoms with van der Waals surface area (Å²) in [6.07, 6.45) is 6.22. The third-order valence-electron chi connectivity index (χ3n) is 3.82. The first-order valence-electron chi connectivity index (χ1n) is 7.42. The first-order chi connectivity index (χ1) is 10.3. The Hall–Kier alpha value is -2.14. The van der Waals surface area contributed by atoms with Gasteiger partial charge in [0.25, 0.3) is 5.91 Å². The van der Waals surface area contributed by atoms with Crippen molar-refractivity contribution in [3.63, 3.8) is 0 Å². The van der Waals surface area contributed by atoms with Crippen LogP contribution in [0.4, 0.5) is 0 Å². The van der Waals surface area contributed by atoms with Crippen molar-refractivity contribution in [1.29, 1.82) is 0 Å². The smallest absolute Gasteiger partial charge is 0.251 e. The lowest BCUT2D eigenvalue weighted by molar-refractivity contribution is 0.0952. The summed E-state index contributed by atoms with van der Waals surface area (Å²) in [5, 5.41) is 6.34. The molecule has 21 heavy (non-hydrogen) atoms. The van der Waals surface area contributed by atoms with Crippen LogP contribution in [0.3, 0.4) is 0 Å². The van der Waals surface area contributed by atoms with Crippen LogP contribution in [0.5, 0.6) is 0 Å². The van der Waals surface area contributed by atoms with Gasteiger partial charge in [0.05, 0.1) is 0 Å². The number of nitrogens with zero attached hydrogens (tertiary/aromatic N) is 1. The van der Waals surface area contributed by atoms with Gasteiger partial charge >= 0.3 is 0 Å². The number of carbonyl (C=O) groups excluding carboxylic acids is 1. The molecular weight excluding hydrogens is 264 g/mol. The second kappa shape index (κ2) is 6.54. The van der Waals surface area contributed by atoms with Crippen LogP contribution in [0, 0.1) is 0 Å². The second-order valence-electron chi connectivity index (χ2n) is 5.27. The third-order valence-corrected chi connectivity index (χ3v) is 3.82. The Morgan fingerprint density at radius 3 is 3.19 bits per heavy atom. The minimum atomic E-state index is 0.0354. The molecule has 110 valence electrons. The number of carbonyl (C=O) groups is 1. The second-order valence-corrected chi connectivity index (χ2v) is 5.27. The fourth-order valence-corrected chi connectivity index (χ4v) is 2.73. The number of fused-ring (bicyclic) bond motifs is 1. The molecule has 1 aliphatic rings. The lowest BCUT2D eigenvalue weighted by Gasteiger charge is -2.19. The number of benzene rings is 1. The standard InChI is InChI=1S/C16H20N4O/c21-16(20-7-2-5-15-18-9-10-19-15)14-4-1-3-12-11-17-8-6-13(12)14/h1,3-4,9-10,17H,2,5-8,11H2,(H,18,19)(H,20,21). The van der Waals surface area contributed by atoms with Crippen molar-refractivity contribution in [2.45, 2.75) is 25.8 Å². The van der Waals surface area contributed by atoms with E-state index in [1.54, 1.807) is 6.20 Å². The van der Waals surface area contributed by atoms with E-state index in [-0.39, 0.29) is 5.91 Å². The molecule has 1 aromatic carbocycles. The van der Waals surface area contributed by atoms with E-state index < -0.39 is 0 Å². The van der Waals surface area contributed by atoms with Crippen molar-refractivity contribution >= 4 is 5.91 Å².